The van der Waals surface area contributed by atoms with Crippen LogP contribution in [-0.2, 0) is 10.0 Å². The van der Waals surface area contributed by atoms with E-state index in [4.69, 9.17) is 11.6 Å². The highest BCUT2D eigenvalue weighted by Gasteiger charge is 2.23. The van der Waals surface area contributed by atoms with Crippen LogP contribution in [0, 0.1) is 6.92 Å². The first-order valence-corrected chi connectivity index (χ1v) is 6.78. The molecular weight excluding hydrogens is 246 g/mol. The van der Waals surface area contributed by atoms with Crippen molar-refractivity contribution in [3.63, 3.8) is 0 Å². The number of halogens is 1. The molecule has 0 heterocycles. The van der Waals surface area contributed by atoms with Crippen LogP contribution in [0.15, 0.2) is 23.1 Å². The smallest absolute Gasteiger partial charge is 0.207 e. The minimum absolute atomic E-state index is 0.231. The van der Waals surface area contributed by atoms with Crippen LogP contribution in [0.2, 0.25) is 5.02 Å². The molecule has 0 amide bonds. The van der Waals surface area contributed by atoms with Crippen molar-refractivity contribution in [2.24, 2.45) is 0 Å². The van der Waals surface area contributed by atoms with Crippen LogP contribution in [0.25, 0.3) is 0 Å². The molecule has 1 rings (SSSR count). The number of benzene rings is 1. The van der Waals surface area contributed by atoms with Crippen molar-refractivity contribution in [1.82, 2.24) is 4.72 Å². The molecule has 0 aliphatic carbocycles. The molecule has 0 spiro atoms. The average molecular weight is 262 g/mol. The molecule has 0 radical (unpaired) electrons. The quantitative estimate of drug-likeness (QED) is 0.890. The summed E-state index contributed by atoms with van der Waals surface area (Å²) in [6, 6.07) is 4.83. The van der Waals surface area contributed by atoms with Crippen molar-refractivity contribution in [2.45, 2.75) is 38.1 Å². The van der Waals surface area contributed by atoms with Crippen LogP contribution in [0.5, 0.6) is 0 Å². The Morgan fingerprint density at radius 1 is 1.25 bits per heavy atom. The first kappa shape index (κ1) is 13.5. The fourth-order valence-corrected chi connectivity index (χ4v) is 3.25. The van der Waals surface area contributed by atoms with Crippen molar-refractivity contribution in [2.75, 3.05) is 0 Å². The summed E-state index contributed by atoms with van der Waals surface area (Å²) >= 11 is 5.80. The summed E-state index contributed by atoms with van der Waals surface area (Å²) in [6.07, 6.45) is 0. The largest absolute Gasteiger partial charge is 0.241 e. The van der Waals surface area contributed by atoms with Gasteiger partial charge in [-0.15, -0.1) is 0 Å². The van der Waals surface area contributed by atoms with E-state index in [-0.39, 0.29) is 4.90 Å². The zero-order chi connectivity index (χ0) is 12.6. The lowest BCUT2D eigenvalue weighted by Crippen LogP contribution is -2.40. The first-order chi connectivity index (χ1) is 7.12. The Bertz CT molecular complexity index is 489. The molecule has 3 nitrogen and oxygen atoms in total. The summed E-state index contributed by atoms with van der Waals surface area (Å²) in [5.74, 6) is 0. The molecule has 0 fully saturated rings. The van der Waals surface area contributed by atoms with Crippen molar-refractivity contribution < 1.29 is 8.42 Å². The number of hydrogen-bond acceptors (Lipinski definition) is 2. The van der Waals surface area contributed by atoms with Crippen LogP contribution in [0.4, 0.5) is 0 Å². The molecule has 0 aromatic heterocycles. The van der Waals surface area contributed by atoms with E-state index in [1.165, 1.54) is 6.07 Å². The van der Waals surface area contributed by atoms with Crippen LogP contribution in [0.1, 0.15) is 26.3 Å². The van der Waals surface area contributed by atoms with Crippen LogP contribution in [-0.4, -0.2) is 14.0 Å². The summed E-state index contributed by atoms with van der Waals surface area (Å²) in [5.41, 5.74) is 0.175. The lowest BCUT2D eigenvalue weighted by atomic mass is 10.1. The Labute approximate surface area is 102 Å². The number of rotatable bonds is 2. The number of nitrogens with one attached hydrogen (secondary N) is 1. The minimum Gasteiger partial charge on any atom is -0.207 e. The highest BCUT2D eigenvalue weighted by molar-refractivity contribution is 7.89. The molecule has 0 atom stereocenters. The number of sulfonamides is 1. The summed E-state index contributed by atoms with van der Waals surface area (Å²) < 4.78 is 26.7. The van der Waals surface area contributed by atoms with Gasteiger partial charge in [-0.3, -0.25) is 0 Å². The van der Waals surface area contributed by atoms with Gasteiger partial charge >= 0.3 is 0 Å². The second-order valence-electron chi connectivity index (χ2n) is 4.77. The molecule has 1 N–H and O–H groups in total. The lowest BCUT2D eigenvalue weighted by Gasteiger charge is -2.21. The monoisotopic (exact) mass is 261 g/mol. The van der Waals surface area contributed by atoms with E-state index in [9.17, 15) is 8.42 Å². The molecule has 0 bridgehead atoms. The Kier molecular flexibility index (Phi) is 3.67. The standard InChI is InChI=1S/C11H16ClNO2S/c1-8-5-6-9(12)7-10(8)16(14,15)13-11(2,3)4/h5-7,13H,1-4H3. The maximum Gasteiger partial charge on any atom is 0.241 e. The van der Waals surface area contributed by atoms with E-state index in [2.05, 4.69) is 4.72 Å². The summed E-state index contributed by atoms with van der Waals surface area (Å²) in [4.78, 5) is 0.231. The van der Waals surface area contributed by atoms with Gasteiger partial charge in [0.2, 0.25) is 10.0 Å². The first-order valence-electron chi connectivity index (χ1n) is 4.92. The highest BCUT2D eigenvalue weighted by atomic mass is 35.5. The van der Waals surface area contributed by atoms with Crippen molar-refractivity contribution in [3.05, 3.63) is 28.8 Å². The van der Waals surface area contributed by atoms with Gasteiger partial charge in [0.1, 0.15) is 0 Å². The van der Waals surface area contributed by atoms with E-state index in [1.807, 2.05) is 0 Å². The van der Waals surface area contributed by atoms with Gasteiger partial charge < -0.3 is 0 Å². The van der Waals surface area contributed by atoms with E-state index in [1.54, 1.807) is 39.8 Å². The van der Waals surface area contributed by atoms with Crippen molar-refractivity contribution in [1.29, 1.82) is 0 Å². The van der Waals surface area contributed by atoms with Crippen LogP contribution < -0.4 is 4.72 Å². The van der Waals surface area contributed by atoms with Gasteiger partial charge in [0.05, 0.1) is 4.90 Å². The van der Waals surface area contributed by atoms with Gasteiger partial charge in [0.25, 0.3) is 0 Å². The predicted octanol–water partition coefficient (Wildman–Crippen LogP) is 2.73. The van der Waals surface area contributed by atoms with Crippen LogP contribution in [0.3, 0.4) is 0 Å². The zero-order valence-corrected chi connectivity index (χ0v) is 11.4. The molecule has 0 saturated carbocycles. The number of hydrogen-bond donors (Lipinski definition) is 1. The second kappa shape index (κ2) is 4.35. The Balaban J connectivity index is 3.22. The fourth-order valence-electron chi connectivity index (χ4n) is 1.32. The predicted molar refractivity (Wildman–Crippen MR) is 66.3 cm³/mol. The highest BCUT2D eigenvalue weighted by Crippen LogP contribution is 2.21. The van der Waals surface area contributed by atoms with Gasteiger partial charge in [-0.2, -0.15) is 0 Å². The topological polar surface area (TPSA) is 46.2 Å². The Morgan fingerprint density at radius 3 is 2.31 bits per heavy atom. The van der Waals surface area contributed by atoms with Gasteiger partial charge in [0, 0.05) is 10.6 Å². The summed E-state index contributed by atoms with van der Waals surface area (Å²) in [7, 11) is -3.51. The molecule has 1 aromatic rings. The van der Waals surface area contributed by atoms with E-state index >= 15 is 0 Å². The van der Waals surface area contributed by atoms with Gasteiger partial charge in [0.15, 0.2) is 0 Å². The minimum atomic E-state index is -3.51. The molecule has 0 saturated heterocycles. The van der Waals surface area contributed by atoms with E-state index in [0.29, 0.717) is 10.6 Å². The molecule has 0 aliphatic rings. The third-order valence-corrected chi connectivity index (χ3v) is 4.02. The van der Waals surface area contributed by atoms with E-state index < -0.39 is 15.6 Å². The van der Waals surface area contributed by atoms with Gasteiger partial charge in [-0.25, -0.2) is 13.1 Å². The van der Waals surface area contributed by atoms with E-state index in [0.717, 1.165) is 0 Å². The van der Waals surface area contributed by atoms with Gasteiger partial charge in [-0.1, -0.05) is 17.7 Å². The third kappa shape index (κ3) is 3.47. The maximum absolute atomic E-state index is 12.1. The average Bonchev–Trinajstić information content (AvgIpc) is 2.04. The Hall–Kier alpha value is -0.580. The van der Waals surface area contributed by atoms with Crippen LogP contribution >= 0.6 is 11.6 Å². The normalized spacial score (nSPS) is 12.8. The SMILES string of the molecule is Cc1ccc(Cl)cc1S(=O)(=O)NC(C)(C)C. The van der Waals surface area contributed by atoms with Crippen molar-refractivity contribution >= 4 is 21.6 Å². The fraction of sp³-hybridized carbons (Fsp3) is 0.455. The summed E-state index contributed by atoms with van der Waals surface area (Å²) in [6.45, 7) is 7.13. The number of aryl methyl sites for hydroxylation is 1. The zero-order valence-electron chi connectivity index (χ0n) is 9.83. The molecule has 1 aromatic carbocycles. The summed E-state index contributed by atoms with van der Waals surface area (Å²) in [5, 5.41) is 0.417. The molecule has 5 heteroatoms. The Morgan fingerprint density at radius 2 is 1.81 bits per heavy atom. The molecule has 0 unspecified atom stereocenters. The van der Waals surface area contributed by atoms with Crippen molar-refractivity contribution in [3.8, 4) is 0 Å². The second-order valence-corrected chi connectivity index (χ2v) is 6.85. The third-order valence-electron chi connectivity index (χ3n) is 1.88. The lowest BCUT2D eigenvalue weighted by molar-refractivity contribution is 0.491. The molecule has 90 valence electrons. The maximum atomic E-state index is 12.1. The van der Waals surface area contributed by atoms with Gasteiger partial charge in [-0.05, 0) is 45.4 Å². The molecule has 16 heavy (non-hydrogen) atoms. The molecular formula is C11H16ClNO2S. The molecule has 0 aliphatic heterocycles.